The molecule has 0 spiro atoms. The van der Waals surface area contributed by atoms with Gasteiger partial charge in [0.2, 0.25) is 0 Å². The third-order valence-electron chi connectivity index (χ3n) is 4.60. The van der Waals surface area contributed by atoms with Crippen molar-refractivity contribution in [2.24, 2.45) is 0 Å². The molecule has 0 saturated carbocycles. The fourth-order valence-electron chi connectivity index (χ4n) is 3.28. The molecule has 0 saturated heterocycles. The Balaban J connectivity index is 1.86. The van der Waals surface area contributed by atoms with Crippen molar-refractivity contribution in [2.45, 2.75) is 13.0 Å². The molecule has 0 fully saturated rings. The Hall–Kier alpha value is -3.60. The van der Waals surface area contributed by atoms with E-state index in [4.69, 9.17) is 4.42 Å². The number of carbonyl (C=O) groups is 1. The van der Waals surface area contributed by atoms with Crippen LogP contribution < -0.4 is 5.32 Å². The number of fused-ring (bicyclic) bond motifs is 1. The third-order valence-corrected chi connectivity index (χ3v) is 4.60. The first-order valence-corrected chi connectivity index (χ1v) is 8.61. The van der Waals surface area contributed by atoms with Crippen molar-refractivity contribution in [1.29, 1.82) is 0 Å². The first-order valence-electron chi connectivity index (χ1n) is 8.61. The summed E-state index contributed by atoms with van der Waals surface area (Å²) < 4.78 is 5.15. The Morgan fingerprint density at radius 2 is 1.78 bits per heavy atom. The lowest BCUT2D eigenvalue weighted by Crippen LogP contribution is -2.30. The Bertz CT molecular complexity index is 1100. The van der Waals surface area contributed by atoms with Crippen LogP contribution in [0.25, 0.3) is 10.8 Å². The lowest BCUT2D eigenvalue weighted by Gasteiger charge is -2.22. The fraction of sp³-hybridized carbons (Fsp3) is 0.0909. The molecule has 3 aromatic carbocycles. The first-order chi connectivity index (χ1) is 13.1. The fourth-order valence-corrected chi connectivity index (χ4v) is 3.28. The van der Waals surface area contributed by atoms with E-state index in [0.29, 0.717) is 11.3 Å². The number of phenols is 1. The summed E-state index contributed by atoms with van der Waals surface area (Å²) in [5.41, 5.74) is 1.74. The van der Waals surface area contributed by atoms with Gasteiger partial charge in [0.15, 0.2) is 12.1 Å². The van der Waals surface area contributed by atoms with Gasteiger partial charge in [-0.05, 0) is 29.3 Å². The molecule has 5 heteroatoms. The van der Waals surface area contributed by atoms with Crippen LogP contribution >= 0.6 is 0 Å². The highest BCUT2D eigenvalue weighted by Gasteiger charge is 2.24. The van der Waals surface area contributed by atoms with Crippen LogP contribution in [0.5, 0.6) is 5.75 Å². The van der Waals surface area contributed by atoms with Crippen molar-refractivity contribution in [3.63, 3.8) is 0 Å². The summed E-state index contributed by atoms with van der Waals surface area (Å²) >= 11 is 0. The molecule has 0 aliphatic carbocycles. The zero-order chi connectivity index (χ0) is 18.8. The number of rotatable bonds is 4. The van der Waals surface area contributed by atoms with E-state index in [1.54, 1.807) is 13.0 Å². The molecule has 0 aliphatic rings. The number of phenolic OH excluding ortho intramolecular Hbond substituents is 1. The zero-order valence-electron chi connectivity index (χ0n) is 14.7. The minimum Gasteiger partial charge on any atom is -0.508 e. The second-order valence-electron chi connectivity index (χ2n) is 6.29. The smallest absolute Gasteiger partial charge is 0.274 e. The number of hydrogen-bond acceptors (Lipinski definition) is 4. The number of carbonyl (C=O) groups excluding carboxylic acids is 1. The highest BCUT2D eigenvalue weighted by molar-refractivity contribution is 5.95. The molecule has 1 heterocycles. The molecule has 0 bridgehead atoms. The number of aromatic nitrogens is 1. The molecule has 0 radical (unpaired) electrons. The molecule has 27 heavy (non-hydrogen) atoms. The quantitative estimate of drug-likeness (QED) is 0.568. The number of nitrogens with zero attached hydrogens (tertiary/aromatic N) is 1. The minimum absolute atomic E-state index is 0.125. The summed E-state index contributed by atoms with van der Waals surface area (Å²) in [4.78, 5) is 16.8. The van der Waals surface area contributed by atoms with Crippen molar-refractivity contribution in [1.82, 2.24) is 10.3 Å². The van der Waals surface area contributed by atoms with Crippen LogP contribution in [0.2, 0.25) is 0 Å². The molecule has 1 aromatic heterocycles. The minimum atomic E-state index is -0.541. The highest BCUT2D eigenvalue weighted by Crippen LogP contribution is 2.36. The molecule has 134 valence electrons. The topological polar surface area (TPSA) is 75.4 Å². The van der Waals surface area contributed by atoms with Crippen LogP contribution in [0.4, 0.5) is 0 Å². The predicted octanol–water partition coefficient (Wildman–Crippen LogP) is 4.36. The Morgan fingerprint density at radius 3 is 2.52 bits per heavy atom. The van der Waals surface area contributed by atoms with Crippen molar-refractivity contribution in [2.75, 3.05) is 0 Å². The standard InChI is InChI=1S/C22H18N2O3/c1-14-20(23-13-27-14)22(26)24-21(16-8-3-2-4-9-16)19-17-10-6-5-7-15(17)11-12-18(19)25/h2-13,21,25H,1H3,(H,24,26). The lowest BCUT2D eigenvalue weighted by molar-refractivity contribution is 0.0937. The zero-order valence-corrected chi connectivity index (χ0v) is 14.7. The summed E-state index contributed by atoms with van der Waals surface area (Å²) in [6.45, 7) is 1.69. The van der Waals surface area contributed by atoms with Gasteiger partial charge in [-0.1, -0.05) is 60.7 Å². The van der Waals surface area contributed by atoms with Crippen LogP contribution in [0.15, 0.2) is 77.5 Å². The molecular formula is C22H18N2O3. The molecule has 4 rings (SSSR count). The van der Waals surface area contributed by atoms with E-state index >= 15 is 0 Å². The van der Waals surface area contributed by atoms with Gasteiger partial charge in [0.05, 0.1) is 6.04 Å². The second kappa shape index (κ2) is 6.96. The summed E-state index contributed by atoms with van der Waals surface area (Å²) in [7, 11) is 0. The molecular weight excluding hydrogens is 340 g/mol. The van der Waals surface area contributed by atoms with Gasteiger partial charge in [-0.3, -0.25) is 4.79 Å². The number of hydrogen-bond donors (Lipinski definition) is 2. The normalized spacial score (nSPS) is 12.0. The van der Waals surface area contributed by atoms with Crippen molar-refractivity contribution in [3.8, 4) is 5.75 Å². The van der Waals surface area contributed by atoms with Gasteiger partial charge in [0.25, 0.3) is 5.91 Å². The number of aryl methyl sites for hydroxylation is 1. The molecule has 0 aliphatic heterocycles. The average molecular weight is 358 g/mol. The lowest BCUT2D eigenvalue weighted by atomic mass is 9.92. The van der Waals surface area contributed by atoms with Crippen LogP contribution in [-0.2, 0) is 0 Å². The van der Waals surface area contributed by atoms with Gasteiger partial charge in [-0.15, -0.1) is 0 Å². The van der Waals surface area contributed by atoms with E-state index in [1.807, 2.05) is 60.7 Å². The van der Waals surface area contributed by atoms with Crippen molar-refractivity contribution >= 4 is 16.7 Å². The molecule has 1 atom stereocenters. The Kier molecular flexibility index (Phi) is 4.34. The Morgan fingerprint density at radius 1 is 1.04 bits per heavy atom. The maximum atomic E-state index is 12.8. The van der Waals surface area contributed by atoms with Gasteiger partial charge >= 0.3 is 0 Å². The SMILES string of the molecule is Cc1ocnc1C(=O)NC(c1ccccc1)c1c(O)ccc2ccccc12. The number of amides is 1. The molecule has 4 aromatic rings. The average Bonchev–Trinajstić information content (AvgIpc) is 3.13. The van der Waals surface area contributed by atoms with Gasteiger partial charge < -0.3 is 14.8 Å². The number of benzene rings is 3. The first kappa shape index (κ1) is 16.8. The largest absolute Gasteiger partial charge is 0.508 e. The van der Waals surface area contributed by atoms with E-state index in [1.165, 1.54) is 6.39 Å². The molecule has 1 unspecified atom stereocenters. The monoisotopic (exact) mass is 358 g/mol. The molecule has 1 amide bonds. The van der Waals surface area contributed by atoms with Gasteiger partial charge in [0.1, 0.15) is 11.5 Å². The predicted molar refractivity (Wildman–Crippen MR) is 103 cm³/mol. The Labute approximate surface area is 156 Å². The number of oxazole rings is 1. The van der Waals surface area contributed by atoms with Crippen LogP contribution in [0, 0.1) is 6.92 Å². The van der Waals surface area contributed by atoms with Gasteiger partial charge in [-0.2, -0.15) is 0 Å². The third kappa shape index (κ3) is 3.15. The van der Waals surface area contributed by atoms with E-state index in [-0.39, 0.29) is 17.4 Å². The molecule has 2 N–H and O–H groups in total. The van der Waals surface area contributed by atoms with Gasteiger partial charge in [0, 0.05) is 5.56 Å². The summed E-state index contributed by atoms with van der Waals surface area (Å²) in [5.74, 6) is 0.212. The number of nitrogens with one attached hydrogen (secondary N) is 1. The summed E-state index contributed by atoms with van der Waals surface area (Å²) in [6.07, 6.45) is 1.25. The maximum absolute atomic E-state index is 12.8. The van der Waals surface area contributed by atoms with Crippen LogP contribution in [0.3, 0.4) is 0 Å². The molecule has 5 nitrogen and oxygen atoms in total. The maximum Gasteiger partial charge on any atom is 0.274 e. The number of aromatic hydroxyl groups is 1. The van der Waals surface area contributed by atoms with Gasteiger partial charge in [-0.25, -0.2) is 4.98 Å². The van der Waals surface area contributed by atoms with Crippen LogP contribution in [-0.4, -0.2) is 16.0 Å². The van der Waals surface area contributed by atoms with Crippen molar-refractivity contribution in [3.05, 3.63) is 95.7 Å². The second-order valence-corrected chi connectivity index (χ2v) is 6.29. The highest BCUT2D eigenvalue weighted by atomic mass is 16.3. The van der Waals surface area contributed by atoms with Crippen LogP contribution in [0.1, 0.15) is 33.4 Å². The van der Waals surface area contributed by atoms with E-state index < -0.39 is 6.04 Å². The van der Waals surface area contributed by atoms with E-state index in [9.17, 15) is 9.90 Å². The summed E-state index contributed by atoms with van der Waals surface area (Å²) in [5, 5.41) is 15.5. The van der Waals surface area contributed by atoms with Crippen molar-refractivity contribution < 1.29 is 14.3 Å². The van der Waals surface area contributed by atoms with E-state index in [0.717, 1.165) is 16.3 Å². The van der Waals surface area contributed by atoms with E-state index in [2.05, 4.69) is 10.3 Å². The summed E-state index contributed by atoms with van der Waals surface area (Å²) in [6, 6.07) is 20.3.